The Morgan fingerprint density at radius 1 is 1.27 bits per heavy atom. The highest BCUT2D eigenvalue weighted by molar-refractivity contribution is 7.89. The summed E-state index contributed by atoms with van der Waals surface area (Å²) in [5, 5.41) is 10.9. The summed E-state index contributed by atoms with van der Waals surface area (Å²) in [6.07, 6.45) is 8.07. The van der Waals surface area contributed by atoms with E-state index in [-0.39, 0.29) is 39.5 Å². The maximum absolute atomic E-state index is 13.4. The predicted octanol–water partition coefficient (Wildman–Crippen LogP) is 2.88. The lowest BCUT2D eigenvalue weighted by Crippen LogP contribution is -2.53. The Kier molecular flexibility index (Phi) is 8.97. The number of hydrazone groups is 1. The Balaban J connectivity index is 1.79. The fourth-order valence-electron chi connectivity index (χ4n) is 4.73. The number of amides is 1. The molecule has 9 nitrogen and oxygen atoms in total. The van der Waals surface area contributed by atoms with Gasteiger partial charge in [0.1, 0.15) is 10.9 Å². The number of carbonyl (C=O) groups excluding carboxylic acids is 1. The topological polar surface area (TPSA) is 141 Å². The first-order valence-electron chi connectivity index (χ1n) is 11.0. The predicted molar refractivity (Wildman–Crippen MR) is 132 cm³/mol. The van der Waals surface area contributed by atoms with Crippen molar-refractivity contribution in [2.45, 2.75) is 49.5 Å². The van der Waals surface area contributed by atoms with Crippen molar-refractivity contribution in [2.75, 3.05) is 25.4 Å². The molecule has 0 radical (unpaired) electrons. The van der Waals surface area contributed by atoms with Crippen molar-refractivity contribution in [3.63, 3.8) is 0 Å². The van der Waals surface area contributed by atoms with Gasteiger partial charge in [-0.15, -0.1) is 0 Å². The van der Waals surface area contributed by atoms with Crippen LogP contribution in [0.3, 0.4) is 0 Å². The Morgan fingerprint density at radius 2 is 2.00 bits per heavy atom. The highest BCUT2D eigenvalue weighted by atomic mass is 35.5. The van der Waals surface area contributed by atoms with Gasteiger partial charge in [-0.2, -0.15) is 9.82 Å². The maximum atomic E-state index is 13.4. The van der Waals surface area contributed by atoms with E-state index in [1.807, 2.05) is 0 Å². The van der Waals surface area contributed by atoms with Crippen LogP contribution in [0.1, 0.15) is 38.5 Å². The van der Waals surface area contributed by atoms with Crippen LogP contribution in [0.25, 0.3) is 0 Å². The number of nitrogen functional groups attached to an aromatic ring is 1. The fourth-order valence-corrected chi connectivity index (χ4v) is 6.94. The second-order valence-corrected chi connectivity index (χ2v) is 11.0. The van der Waals surface area contributed by atoms with Crippen molar-refractivity contribution in [2.24, 2.45) is 16.9 Å². The zero-order valence-corrected chi connectivity index (χ0v) is 20.6. The molecule has 1 aliphatic carbocycles. The van der Waals surface area contributed by atoms with E-state index >= 15 is 0 Å². The van der Waals surface area contributed by atoms with Gasteiger partial charge in [0, 0.05) is 30.9 Å². The first-order valence-corrected chi connectivity index (χ1v) is 13.3. The summed E-state index contributed by atoms with van der Waals surface area (Å²) in [5.74, 6) is 0.831. The molecular weight excluding hydrogens is 487 g/mol. The highest BCUT2D eigenvalue weighted by Crippen LogP contribution is 2.36. The van der Waals surface area contributed by atoms with Crippen molar-refractivity contribution in [3.8, 4) is 0 Å². The number of nitrogens with one attached hydrogen (secondary N) is 3. The van der Waals surface area contributed by atoms with E-state index in [0.29, 0.717) is 24.9 Å². The number of nitrogens with two attached hydrogens (primary N) is 1. The minimum absolute atomic E-state index is 0.0945. The molecule has 0 aromatic heterocycles. The Morgan fingerprint density at radius 3 is 2.70 bits per heavy atom. The van der Waals surface area contributed by atoms with E-state index < -0.39 is 16.1 Å². The van der Waals surface area contributed by atoms with Crippen LogP contribution in [0.5, 0.6) is 0 Å². The maximum Gasteiger partial charge on any atom is 0.244 e. The minimum Gasteiger partial charge on any atom is -0.398 e. The lowest BCUT2D eigenvalue weighted by Gasteiger charge is -2.42. The smallest absolute Gasteiger partial charge is 0.244 e. The first-order chi connectivity index (χ1) is 15.7. The summed E-state index contributed by atoms with van der Waals surface area (Å²) in [5.41, 5.74) is 8.52. The van der Waals surface area contributed by atoms with E-state index in [2.05, 4.69) is 15.2 Å². The SMILES string of the molecule is N=C/C=N\NCCC(NS(=O)(=O)c1c(N)cc(Cl)cc1Cl)C(=O)N1CC[C@@H]2CCCC[C@@H]2C1. The van der Waals surface area contributed by atoms with Crippen LogP contribution in [0.15, 0.2) is 22.1 Å². The number of carbonyl (C=O) groups is 1. The van der Waals surface area contributed by atoms with Crippen LogP contribution in [0.2, 0.25) is 10.0 Å². The van der Waals surface area contributed by atoms with E-state index in [0.717, 1.165) is 19.1 Å². The summed E-state index contributed by atoms with van der Waals surface area (Å²) in [7, 11) is -4.21. The molecule has 12 heteroatoms. The normalized spacial score (nSPS) is 22.1. The van der Waals surface area contributed by atoms with Crippen molar-refractivity contribution in [1.82, 2.24) is 15.0 Å². The molecule has 1 aromatic carbocycles. The van der Waals surface area contributed by atoms with E-state index in [1.54, 1.807) is 4.90 Å². The monoisotopic (exact) mass is 516 g/mol. The number of sulfonamides is 1. The average Bonchev–Trinajstić information content (AvgIpc) is 2.76. The molecule has 3 atom stereocenters. The van der Waals surface area contributed by atoms with Crippen molar-refractivity contribution < 1.29 is 13.2 Å². The van der Waals surface area contributed by atoms with E-state index in [9.17, 15) is 13.2 Å². The minimum atomic E-state index is -4.21. The molecule has 1 aliphatic heterocycles. The molecule has 2 fully saturated rings. The lowest BCUT2D eigenvalue weighted by atomic mass is 9.75. The number of rotatable bonds is 9. The molecule has 1 amide bonds. The Hall–Kier alpha value is -1.88. The molecule has 0 bridgehead atoms. The van der Waals surface area contributed by atoms with Gasteiger partial charge in [-0.05, 0) is 43.2 Å². The van der Waals surface area contributed by atoms with Gasteiger partial charge in [-0.25, -0.2) is 8.42 Å². The number of piperidine rings is 1. The number of hydrogen-bond acceptors (Lipinski definition) is 7. The van der Waals surface area contributed by atoms with E-state index in [1.165, 1.54) is 37.6 Å². The first kappa shape index (κ1) is 25.7. The third-order valence-electron chi connectivity index (χ3n) is 6.29. The molecular formula is C21H30Cl2N6O3S. The van der Waals surface area contributed by atoms with Gasteiger partial charge in [-0.3, -0.25) is 4.79 Å². The van der Waals surface area contributed by atoms with Gasteiger partial charge in [0.05, 0.1) is 16.9 Å². The number of anilines is 1. The van der Waals surface area contributed by atoms with Crippen molar-refractivity contribution in [1.29, 1.82) is 5.41 Å². The van der Waals surface area contributed by atoms with Crippen LogP contribution in [-0.4, -0.2) is 57.3 Å². The molecule has 2 aliphatic rings. The number of fused-ring (bicyclic) bond motifs is 1. The third kappa shape index (κ3) is 6.59. The lowest BCUT2D eigenvalue weighted by molar-refractivity contribution is -0.136. The van der Waals surface area contributed by atoms with Crippen LogP contribution in [0, 0.1) is 17.2 Å². The molecule has 1 heterocycles. The Labute approximate surface area is 204 Å². The standard InChI is InChI=1S/C21H30Cl2N6O3S/c22-16-11-17(23)20(18(25)12-16)33(31,32)28-19(5-8-26-27-9-7-24)21(30)29-10-6-14-3-1-2-4-15(14)13-29/h7,9,11-12,14-15,19,24,26,28H,1-6,8,10,13,25H2/b24-7?,27-9-/t14-,15+,19?/m0/s1. The Bertz CT molecular complexity index is 981. The summed E-state index contributed by atoms with van der Waals surface area (Å²) < 4.78 is 28.9. The third-order valence-corrected chi connectivity index (χ3v) is 8.51. The second-order valence-electron chi connectivity index (χ2n) is 8.50. The molecule has 182 valence electrons. The molecule has 5 N–H and O–H groups in total. The molecule has 1 saturated heterocycles. The van der Waals surface area contributed by atoms with Crippen LogP contribution in [-0.2, 0) is 14.8 Å². The van der Waals surface area contributed by atoms with Crippen molar-refractivity contribution >= 4 is 57.2 Å². The van der Waals surface area contributed by atoms with Crippen LogP contribution >= 0.6 is 23.2 Å². The number of benzene rings is 1. The number of halogens is 2. The number of likely N-dealkylation sites (tertiary alicyclic amines) is 1. The summed E-state index contributed by atoms with van der Waals surface area (Å²) in [6.45, 7) is 1.49. The molecule has 33 heavy (non-hydrogen) atoms. The molecule has 0 spiro atoms. The van der Waals surface area contributed by atoms with Gasteiger partial charge in [0.15, 0.2) is 0 Å². The van der Waals surface area contributed by atoms with E-state index in [4.69, 9.17) is 34.3 Å². The number of nitrogens with zero attached hydrogens (tertiary/aromatic N) is 2. The largest absolute Gasteiger partial charge is 0.398 e. The van der Waals surface area contributed by atoms with Crippen molar-refractivity contribution in [3.05, 3.63) is 22.2 Å². The van der Waals surface area contributed by atoms with Gasteiger partial charge in [0.2, 0.25) is 15.9 Å². The van der Waals surface area contributed by atoms with Gasteiger partial charge in [0.25, 0.3) is 0 Å². The molecule has 1 unspecified atom stereocenters. The summed E-state index contributed by atoms with van der Waals surface area (Å²) >= 11 is 12.1. The van der Waals surface area contributed by atoms with Gasteiger partial charge >= 0.3 is 0 Å². The fraction of sp³-hybridized carbons (Fsp3) is 0.571. The zero-order valence-electron chi connectivity index (χ0n) is 18.3. The van der Waals surface area contributed by atoms with Gasteiger partial charge < -0.3 is 21.5 Å². The summed E-state index contributed by atoms with van der Waals surface area (Å²) in [6, 6.07) is 1.58. The molecule has 3 rings (SSSR count). The zero-order chi connectivity index (χ0) is 24.0. The number of hydrogen-bond donors (Lipinski definition) is 4. The van der Waals surface area contributed by atoms with Crippen LogP contribution in [0.4, 0.5) is 5.69 Å². The molecule has 1 saturated carbocycles. The van der Waals surface area contributed by atoms with Gasteiger partial charge in [-0.1, -0.05) is 42.5 Å². The summed E-state index contributed by atoms with van der Waals surface area (Å²) in [4.78, 5) is 14.9. The van der Waals surface area contributed by atoms with Crippen LogP contribution < -0.4 is 15.9 Å². The highest BCUT2D eigenvalue weighted by Gasteiger charge is 2.37. The average molecular weight is 517 g/mol. The quantitative estimate of drug-likeness (QED) is 0.173. The second kappa shape index (κ2) is 11.5. The molecule has 1 aromatic rings.